The van der Waals surface area contributed by atoms with Crippen LogP contribution in [-0.4, -0.2) is 20.7 Å². The molecular weight excluding hydrogens is 445 g/mol. The molecule has 5 rings (SSSR count). The maximum atomic E-state index is 12.7. The van der Waals surface area contributed by atoms with Gasteiger partial charge in [0.1, 0.15) is 6.04 Å². The molecule has 2 N–H and O–H groups in total. The van der Waals surface area contributed by atoms with Gasteiger partial charge in [-0.05, 0) is 41.5 Å². The predicted octanol–water partition coefficient (Wildman–Crippen LogP) is 5.89. The van der Waals surface area contributed by atoms with E-state index in [-0.39, 0.29) is 17.9 Å². The first-order valence-corrected chi connectivity index (χ1v) is 10.7. The zero-order valence-corrected chi connectivity index (χ0v) is 18.2. The van der Waals surface area contributed by atoms with Gasteiger partial charge in [0.05, 0.1) is 10.6 Å². The molecule has 3 aromatic carbocycles. The lowest BCUT2D eigenvalue weighted by Crippen LogP contribution is -2.20. The van der Waals surface area contributed by atoms with Gasteiger partial charge < -0.3 is 5.32 Å². The number of anilines is 2. The Bertz CT molecular complexity index is 1320. The van der Waals surface area contributed by atoms with E-state index in [9.17, 15) is 4.79 Å². The highest BCUT2D eigenvalue weighted by molar-refractivity contribution is 6.34. The topological polar surface area (TPSA) is 71.8 Å². The van der Waals surface area contributed by atoms with E-state index < -0.39 is 0 Å². The standard InChI is InChI=1S/C24H17Cl2N5O/c25-17-12-10-16(11-13-17)21-14-20(15-6-2-1-3-7-15)27-24-29-23(30-31(21)24)28-22(32)18-8-4-5-9-19(18)26/h1-14,21H,(H2,27,28,29,30,32). The van der Waals surface area contributed by atoms with Crippen molar-refractivity contribution in [2.24, 2.45) is 0 Å². The number of carbonyl (C=O) groups is 1. The molecule has 0 fully saturated rings. The summed E-state index contributed by atoms with van der Waals surface area (Å²) in [6, 6.07) is 24.1. The number of hydrogen-bond acceptors (Lipinski definition) is 4. The molecule has 0 radical (unpaired) electrons. The Labute approximate surface area is 194 Å². The number of fused-ring (bicyclic) bond motifs is 1. The van der Waals surface area contributed by atoms with Crippen LogP contribution < -0.4 is 10.6 Å². The highest BCUT2D eigenvalue weighted by Crippen LogP contribution is 2.33. The predicted molar refractivity (Wildman–Crippen MR) is 127 cm³/mol. The lowest BCUT2D eigenvalue weighted by molar-refractivity contribution is 0.102. The second-order valence-electron chi connectivity index (χ2n) is 7.21. The minimum Gasteiger partial charge on any atom is -0.324 e. The molecule has 4 aromatic rings. The molecule has 8 heteroatoms. The van der Waals surface area contributed by atoms with Crippen LogP contribution >= 0.6 is 23.2 Å². The second-order valence-corrected chi connectivity index (χ2v) is 8.05. The van der Waals surface area contributed by atoms with Crippen LogP contribution in [0.15, 0.2) is 84.9 Å². The summed E-state index contributed by atoms with van der Waals surface area (Å²) in [5.41, 5.74) is 3.25. The quantitative estimate of drug-likeness (QED) is 0.397. The summed E-state index contributed by atoms with van der Waals surface area (Å²) in [5, 5.41) is 11.6. The summed E-state index contributed by atoms with van der Waals surface area (Å²) in [6.07, 6.45) is 2.07. The SMILES string of the molecule is O=C(Nc1nc2n(n1)C(c1ccc(Cl)cc1)C=C(c1ccccc1)N2)c1ccccc1Cl. The summed E-state index contributed by atoms with van der Waals surface area (Å²) in [6.45, 7) is 0. The maximum Gasteiger partial charge on any atom is 0.259 e. The normalized spacial score (nSPS) is 14.8. The highest BCUT2D eigenvalue weighted by atomic mass is 35.5. The molecule has 158 valence electrons. The van der Waals surface area contributed by atoms with E-state index in [0.29, 0.717) is 21.6 Å². The Balaban J connectivity index is 1.52. The molecule has 1 amide bonds. The number of nitrogens with zero attached hydrogens (tertiary/aromatic N) is 3. The Morgan fingerprint density at radius 1 is 0.938 bits per heavy atom. The van der Waals surface area contributed by atoms with Crippen molar-refractivity contribution in [3.63, 3.8) is 0 Å². The first kappa shape index (κ1) is 20.3. The third-order valence-electron chi connectivity index (χ3n) is 5.11. The van der Waals surface area contributed by atoms with Crippen molar-refractivity contribution in [1.82, 2.24) is 14.8 Å². The maximum absolute atomic E-state index is 12.7. The van der Waals surface area contributed by atoms with Gasteiger partial charge in [0, 0.05) is 10.7 Å². The molecule has 0 saturated heterocycles. The molecule has 2 heterocycles. The van der Waals surface area contributed by atoms with Crippen molar-refractivity contribution in [3.8, 4) is 0 Å². The van der Waals surface area contributed by atoms with E-state index in [1.54, 1.807) is 28.9 Å². The van der Waals surface area contributed by atoms with Crippen molar-refractivity contribution in [2.45, 2.75) is 6.04 Å². The number of carbonyl (C=O) groups excluding carboxylic acids is 1. The Morgan fingerprint density at radius 2 is 1.66 bits per heavy atom. The molecule has 1 unspecified atom stereocenters. The smallest absolute Gasteiger partial charge is 0.259 e. The average Bonchev–Trinajstić information content (AvgIpc) is 3.22. The van der Waals surface area contributed by atoms with E-state index in [1.165, 1.54) is 0 Å². The zero-order valence-electron chi connectivity index (χ0n) is 16.7. The monoisotopic (exact) mass is 461 g/mol. The van der Waals surface area contributed by atoms with Crippen LogP contribution in [0.4, 0.5) is 11.9 Å². The number of hydrogen-bond donors (Lipinski definition) is 2. The number of nitrogens with one attached hydrogen (secondary N) is 2. The number of rotatable bonds is 4. The van der Waals surface area contributed by atoms with E-state index in [1.807, 2.05) is 54.6 Å². The van der Waals surface area contributed by atoms with Gasteiger partial charge in [-0.15, -0.1) is 5.10 Å². The van der Waals surface area contributed by atoms with Crippen LogP contribution in [0.2, 0.25) is 10.0 Å². The highest BCUT2D eigenvalue weighted by Gasteiger charge is 2.26. The van der Waals surface area contributed by atoms with Gasteiger partial charge >= 0.3 is 0 Å². The molecule has 1 aliphatic heterocycles. The van der Waals surface area contributed by atoms with Gasteiger partial charge in [0.15, 0.2) is 0 Å². The van der Waals surface area contributed by atoms with Gasteiger partial charge in [-0.25, -0.2) is 4.68 Å². The Hall–Kier alpha value is -3.61. The number of allylic oxidation sites excluding steroid dienone is 1. The van der Waals surface area contributed by atoms with Gasteiger partial charge in [-0.3, -0.25) is 10.1 Å². The van der Waals surface area contributed by atoms with Crippen molar-refractivity contribution < 1.29 is 4.79 Å². The van der Waals surface area contributed by atoms with Crippen LogP contribution in [0, 0.1) is 0 Å². The van der Waals surface area contributed by atoms with E-state index in [2.05, 4.69) is 26.8 Å². The van der Waals surface area contributed by atoms with Crippen LogP contribution in [0.3, 0.4) is 0 Å². The minimum atomic E-state index is -0.377. The van der Waals surface area contributed by atoms with Crippen LogP contribution in [0.25, 0.3) is 5.70 Å². The van der Waals surface area contributed by atoms with Gasteiger partial charge in [0.2, 0.25) is 5.95 Å². The van der Waals surface area contributed by atoms with E-state index >= 15 is 0 Å². The van der Waals surface area contributed by atoms with Crippen molar-refractivity contribution >= 4 is 46.7 Å². The molecule has 1 atom stereocenters. The van der Waals surface area contributed by atoms with Gasteiger partial charge in [-0.2, -0.15) is 4.98 Å². The fourth-order valence-electron chi connectivity index (χ4n) is 3.54. The molecular formula is C24H17Cl2N5O. The first-order valence-electron chi connectivity index (χ1n) is 9.90. The number of halogens is 2. The average molecular weight is 462 g/mol. The first-order chi connectivity index (χ1) is 15.6. The molecule has 0 saturated carbocycles. The molecule has 32 heavy (non-hydrogen) atoms. The minimum absolute atomic E-state index is 0.180. The fourth-order valence-corrected chi connectivity index (χ4v) is 3.89. The molecule has 0 spiro atoms. The molecule has 6 nitrogen and oxygen atoms in total. The van der Waals surface area contributed by atoms with Crippen molar-refractivity contribution in [1.29, 1.82) is 0 Å². The summed E-state index contributed by atoms with van der Waals surface area (Å²) in [5.74, 6) is 0.317. The third kappa shape index (κ3) is 3.98. The van der Waals surface area contributed by atoms with Gasteiger partial charge in [-0.1, -0.05) is 77.8 Å². The van der Waals surface area contributed by atoms with Crippen molar-refractivity contribution in [2.75, 3.05) is 10.6 Å². The second kappa shape index (κ2) is 8.49. The lowest BCUT2D eigenvalue weighted by Gasteiger charge is -2.24. The van der Waals surface area contributed by atoms with Crippen LogP contribution in [0.5, 0.6) is 0 Å². The fraction of sp³-hybridized carbons (Fsp3) is 0.0417. The largest absolute Gasteiger partial charge is 0.324 e. The third-order valence-corrected chi connectivity index (χ3v) is 5.69. The van der Waals surface area contributed by atoms with E-state index in [0.717, 1.165) is 16.8 Å². The Morgan fingerprint density at radius 3 is 2.41 bits per heavy atom. The molecule has 1 aliphatic rings. The van der Waals surface area contributed by atoms with Crippen molar-refractivity contribution in [3.05, 3.63) is 112 Å². The van der Waals surface area contributed by atoms with Gasteiger partial charge in [0.25, 0.3) is 11.9 Å². The summed E-state index contributed by atoms with van der Waals surface area (Å²) in [7, 11) is 0. The summed E-state index contributed by atoms with van der Waals surface area (Å²) >= 11 is 12.2. The van der Waals surface area contributed by atoms with Crippen LogP contribution in [0.1, 0.15) is 27.5 Å². The number of aromatic nitrogens is 3. The zero-order chi connectivity index (χ0) is 22.1. The lowest BCUT2D eigenvalue weighted by atomic mass is 10.0. The number of amides is 1. The van der Waals surface area contributed by atoms with Crippen LogP contribution in [-0.2, 0) is 0 Å². The Kier molecular flexibility index (Phi) is 5.39. The molecule has 0 bridgehead atoms. The summed E-state index contributed by atoms with van der Waals surface area (Å²) < 4.78 is 1.73. The number of benzene rings is 3. The molecule has 0 aliphatic carbocycles. The van der Waals surface area contributed by atoms with E-state index in [4.69, 9.17) is 23.2 Å². The molecule has 1 aromatic heterocycles. The summed E-state index contributed by atoms with van der Waals surface area (Å²) in [4.78, 5) is 17.2.